The third-order valence-electron chi connectivity index (χ3n) is 4.21. The Kier molecular flexibility index (Phi) is 7.78. The molecule has 0 saturated carbocycles. The molecular formula is C21H24BrN3O4. The van der Waals surface area contributed by atoms with Crippen LogP contribution in [0.4, 0.5) is 0 Å². The van der Waals surface area contributed by atoms with E-state index >= 15 is 0 Å². The molecule has 3 N–H and O–H groups in total. The molecule has 1 atom stereocenters. The van der Waals surface area contributed by atoms with Gasteiger partial charge in [0.15, 0.2) is 11.5 Å². The number of halogens is 1. The van der Waals surface area contributed by atoms with Gasteiger partial charge in [-0.15, -0.1) is 0 Å². The van der Waals surface area contributed by atoms with E-state index in [4.69, 9.17) is 4.74 Å². The number of rotatable bonds is 7. The first-order valence-corrected chi connectivity index (χ1v) is 9.79. The van der Waals surface area contributed by atoms with Gasteiger partial charge in [-0.05, 0) is 58.6 Å². The summed E-state index contributed by atoms with van der Waals surface area (Å²) in [6, 6.07) is 9.58. The molecule has 0 bridgehead atoms. The molecular weight excluding hydrogens is 438 g/mol. The molecule has 2 aromatic rings. The Bertz CT molecular complexity index is 911. The maximum absolute atomic E-state index is 12.5. The summed E-state index contributed by atoms with van der Waals surface area (Å²) in [4.78, 5) is 25.0. The van der Waals surface area contributed by atoms with Crippen LogP contribution < -0.4 is 15.5 Å². The second-order valence-corrected chi connectivity index (χ2v) is 7.70. The Morgan fingerprint density at radius 1 is 1.21 bits per heavy atom. The molecule has 2 aromatic carbocycles. The van der Waals surface area contributed by atoms with Crippen molar-refractivity contribution in [3.8, 4) is 11.5 Å². The third-order valence-corrected chi connectivity index (χ3v) is 4.81. The number of phenolic OH excluding ortho intramolecular Hbond substituents is 1. The molecule has 8 heteroatoms. The molecule has 154 valence electrons. The SMILES string of the molecule is COc1cc(C=NNC(=O)C(NC(=O)c2ccc(C)cc2)C(C)C)cc(Br)c1O. The summed E-state index contributed by atoms with van der Waals surface area (Å²) in [6.45, 7) is 5.61. The topological polar surface area (TPSA) is 100 Å². The molecule has 2 rings (SSSR count). The van der Waals surface area contributed by atoms with Gasteiger partial charge in [0, 0.05) is 5.56 Å². The molecule has 0 aliphatic rings. The van der Waals surface area contributed by atoms with Gasteiger partial charge in [-0.25, -0.2) is 5.43 Å². The number of hydrogen-bond acceptors (Lipinski definition) is 5. The van der Waals surface area contributed by atoms with E-state index in [1.165, 1.54) is 13.3 Å². The number of benzene rings is 2. The number of hydrogen-bond donors (Lipinski definition) is 3. The predicted molar refractivity (Wildman–Crippen MR) is 115 cm³/mol. The molecule has 1 unspecified atom stereocenters. The van der Waals surface area contributed by atoms with Gasteiger partial charge < -0.3 is 15.2 Å². The number of phenols is 1. The highest BCUT2D eigenvalue weighted by atomic mass is 79.9. The van der Waals surface area contributed by atoms with E-state index in [9.17, 15) is 14.7 Å². The second-order valence-electron chi connectivity index (χ2n) is 6.85. The Morgan fingerprint density at radius 2 is 1.86 bits per heavy atom. The lowest BCUT2D eigenvalue weighted by molar-refractivity contribution is -0.123. The summed E-state index contributed by atoms with van der Waals surface area (Å²) >= 11 is 3.23. The van der Waals surface area contributed by atoms with Crippen LogP contribution in [0.25, 0.3) is 0 Å². The van der Waals surface area contributed by atoms with Gasteiger partial charge in [-0.3, -0.25) is 9.59 Å². The van der Waals surface area contributed by atoms with Gasteiger partial charge in [0.2, 0.25) is 0 Å². The number of ether oxygens (including phenoxy) is 1. The zero-order valence-corrected chi connectivity index (χ0v) is 18.3. The quantitative estimate of drug-likeness (QED) is 0.434. The summed E-state index contributed by atoms with van der Waals surface area (Å²) in [7, 11) is 1.44. The summed E-state index contributed by atoms with van der Waals surface area (Å²) in [6.07, 6.45) is 1.42. The summed E-state index contributed by atoms with van der Waals surface area (Å²) < 4.78 is 5.52. The first-order valence-electron chi connectivity index (χ1n) is 9.00. The number of carbonyl (C=O) groups is 2. The smallest absolute Gasteiger partial charge is 0.262 e. The number of nitrogens with one attached hydrogen (secondary N) is 2. The van der Waals surface area contributed by atoms with Gasteiger partial charge in [0.05, 0.1) is 17.8 Å². The molecule has 0 aromatic heterocycles. The lowest BCUT2D eigenvalue weighted by Gasteiger charge is -2.20. The number of methoxy groups -OCH3 is 1. The van der Waals surface area contributed by atoms with Gasteiger partial charge in [0.1, 0.15) is 6.04 Å². The first kappa shape index (κ1) is 22.4. The molecule has 0 radical (unpaired) electrons. The Morgan fingerprint density at radius 3 is 2.45 bits per heavy atom. The Balaban J connectivity index is 2.06. The van der Waals surface area contributed by atoms with Crippen LogP contribution in [0.15, 0.2) is 46.0 Å². The largest absolute Gasteiger partial charge is 0.503 e. The highest BCUT2D eigenvalue weighted by Crippen LogP contribution is 2.34. The number of aryl methyl sites for hydroxylation is 1. The lowest BCUT2D eigenvalue weighted by atomic mass is 10.0. The van der Waals surface area contributed by atoms with E-state index < -0.39 is 11.9 Å². The lowest BCUT2D eigenvalue weighted by Crippen LogP contribution is -2.48. The van der Waals surface area contributed by atoms with Crippen LogP contribution in [0.2, 0.25) is 0 Å². The number of hydrazone groups is 1. The van der Waals surface area contributed by atoms with E-state index in [0.717, 1.165) is 5.56 Å². The predicted octanol–water partition coefficient (Wildman–Crippen LogP) is 3.38. The van der Waals surface area contributed by atoms with Crippen LogP contribution >= 0.6 is 15.9 Å². The number of carbonyl (C=O) groups excluding carboxylic acids is 2. The molecule has 0 heterocycles. The van der Waals surface area contributed by atoms with Crippen molar-refractivity contribution in [2.75, 3.05) is 7.11 Å². The van der Waals surface area contributed by atoms with E-state index in [-0.39, 0.29) is 23.3 Å². The molecule has 7 nitrogen and oxygen atoms in total. The van der Waals surface area contributed by atoms with Crippen molar-refractivity contribution >= 4 is 34.0 Å². The molecule has 0 saturated heterocycles. The van der Waals surface area contributed by atoms with Gasteiger partial charge in [-0.1, -0.05) is 31.5 Å². The molecule has 0 aliphatic heterocycles. The van der Waals surface area contributed by atoms with E-state index in [1.54, 1.807) is 24.3 Å². The van der Waals surface area contributed by atoms with E-state index in [1.807, 2.05) is 32.9 Å². The summed E-state index contributed by atoms with van der Waals surface area (Å²) in [5, 5.41) is 16.5. The van der Waals surface area contributed by atoms with E-state index in [0.29, 0.717) is 15.6 Å². The average molecular weight is 462 g/mol. The second kappa shape index (κ2) is 10.1. The van der Waals surface area contributed by atoms with Gasteiger partial charge in [-0.2, -0.15) is 5.10 Å². The summed E-state index contributed by atoms with van der Waals surface area (Å²) in [5.74, 6) is -0.635. The maximum Gasteiger partial charge on any atom is 0.262 e. The monoisotopic (exact) mass is 461 g/mol. The minimum Gasteiger partial charge on any atom is -0.503 e. The van der Waals surface area contributed by atoms with E-state index in [2.05, 4.69) is 31.8 Å². The minimum absolute atomic E-state index is 0.0209. The Labute approximate surface area is 178 Å². The fourth-order valence-electron chi connectivity index (χ4n) is 2.53. The van der Waals surface area contributed by atoms with Crippen LogP contribution in [-0.2, 0) is 4.79 Å². The fraction of sp³-hybridized carbons (Fsp3) is 0.286. The molecule has 29 heavy (non-hydrogen) atoms. The molecule has 0 spiro atoms. The van der Waals surface area contributed by atoms with Crippen LogP contribution in [0.5, 0.6) is 11.5 Å². The normalized spacial score (nSPS) is 12.1. The fourth-order valence-corrected chi connectivity index (χ4v) is 2.99. The van der Waals surface area contributed by atoms with Crippen LogP contribution in [0.3, 0.4) is 0 Å². The zero-order chi connectivity index (χ0) is 21.6. The van der Waals surface area contributed by atoms with Gasteiger partial charge >= 0.3 is 0 Å². The van der Waals surface area contributed by atoms with Gasteiger partial charge in [0.25, 0.3) is 11.8 Å². The van der Waals surface area contributed by atoms with Crippen molar-refractivity contribution in [1.82, 2.24) is 10.7 Å². The van der Waals surface area contributed by atoms with Crippen molar-refractivity contribution in [2.45, 2.75) is 26.8 Å². The van der Waals surface area contributed by atoms with Crippen molar-refractivity contribution in [3.63, 3.8) is 0 Å². The molecule has 2 amide bonds. The van der Waals surface area contributed by atoms with Crippen LogP contribution in [0, 0.1) is 12.8 Å². The Hall–Kier alpha value is -2.87. The maximum atomic E-state index is 12.5. The highest BCUT2D eigenvalue weighted by Gasteiger charge is 2.24. The number of amides is 2. The van der Waals surface area contributed by atoms with Crippen LogP contribution in [0.1, 0.15) is 35.3 Å². The molecule has 0 aliphatic carbocycles. The average Bonchev–Trinajstić information content (AvgIpc) is 2.68. The standard InChI is InChI=1S/C21H24BrN3O4/c1-12(2)18(24-20(27)15-7-5-13(3)6-8-15)21(28)25-23-11-14-9-16(22)19(26)17(10-14)29-4/h5-12,18,26H,1-4H3,(H,24,27)(H,25,28). The first-order chi connectivity index (χ1) is 13.7. The number of aromatic hydroxyl groups is 1. The highest BCUT2D eigenvalue weighted by molar-refractivity contribution is 9.10. The molecule has 0 fully saturated rings. The number of nitrogens with zero attached hydrogens (tertiary/aromatic N) is 1. The zero-order valence-electron chi connectivity index (χ0n) is 16.7. The van der Waals surface area contributed by atoms with Crippen LogP contribution in [-0.4, -0.2) is 36.3 Å². The van der Waals surface area contributed by atoms with Crippen molar-refractivity contribution in [2.24, 2.45) is 11.0 Å². The third kappa shape index (κ3) is 6.05. The van der Waals surface area contributed by atoms with Crippen molar-refractivity contribution in [3.05, 3.63) is 57.6 Å². The van der Waals surface area contributed by atoms with Crippen molar-refractivity contribution < 1.29 is 19.4 Å². The minimum atomic E-state index is -0.748. The van der Waals surface area contributed by atoms with Crippen molar-refractivity contribution in [1.29, 1.82) is 0 Å². The summed E-state index contributed by atoms with van der Waals surface area (Å²) in [5.41, 5.74) is 4.59.